The van der Waals surface area contributed by atoms with Crippen molar-refractivity contribution in [3.63, 3.8) is 0 Å². The van der Waals surface area contributed by atoms with Crippen LogP contribution in [-0.4, -0.2) is 32.3 Å². The lowest BCUT2D eigenvalue weighted by atomic mass is 10.2. The molecule has 1 unspecified atom stereocenters. The zero-order valence-electron chi connectivity index (χ0n) is 14.1. The van der Waals surface area contributed by atoms with Crippen molar-refractivity contribution in [1.82, 2.24) is 9.62 Å². The predicted octanol–water partition coefficient (Wildman–Crippen LogP) is 3.41. The van der Waals surface area contributed by atoms with Gasteiger partial charge >= 0.3 is 6.18 Å². The van der Waals surface area contributed by atoms with Gasteiger partial charge in [0.2, 0.25) is 15.9 Å². The lowest BCUT2D eigenvalue weighted by molar-refractivity contribution is -0.137. The van der Waals surface area contributed by atoms with Gasteiger partial charge in [-0.15, -0.1) is 11.3 Å². The highest BCUT2D eigenvalue weighted by Gasteiger charge is 2.33. The summed E-state index contributed by atoms with van der Waals surface area (Å²) in [4.78, 5) is 14.6. The molecule has 2 aromatic rings. The topological polar surface area (TPSA) is 66.5 Å². The number of nitrogens with one attached hydrogen (secondary N) is 1. The Morgan fingerprint density at radius 2 is 2.04 bits per heavy atom. The Bertz CT molecular complexity index is 912. The van der Waals surface area contributed by atoms with Crippen LogP contribution in [0.4, 0.5) is 13.2 Å². The van der Waals surface area contributed by atoms with E-state index in [9.17, 15) is 26.4 Å². The molecule has 0 saturated carbocycles. The van der Waals surface area contributed by atoms with E-state index in [4.69, 9.17) is 0 Å². The molecule has 146 valence electrons. The van der Waals surface area contributed by atoms with Crippen LogP contribution in [0.5, 0.6) is 0 Å². The molecule has 10 heteroatoms. The van der Waals surface area contributed by atoms with Crippen molar-refractivity contribution in [3.05, 3.63) is 52.2 Å². The summed E-state index contributed by atoms with van der Waals surface area (Å²) in [5.41, 5.74) is -1.06. The van der Waals surface area contributed by atoms with Crippen LogP contribution in [0.25, 0.3) is 0 Å². The van der Waals surface area contributed by atoms with Crippen molar-refractivity contribution in [3.8, 4) is 0 Å². The van der Waals surface area contributed by atoms with Crippen molar-refractivity contribution in [2.75, 3.05) is 13.1 Å². The van der Waals surface area contributed by atoms with E-state index < -0.39 is 39.1 Å². The number of alkyl halides is 3. The molecule has 1 amide bonds. The van der Waals surface area contributed by atoms with E-state index >= 15 is 0 Å². The van der Waals surface area contributed by atoms with Crippen LogP contribution in [0.1, 0.15) is 29.3 Å². The van der Waals surface area contributed by atoms with E-state index in [2.05, 4.69) is 4.72 Å². The van der Waals surface area contributed by atoms with Gasteiger partial charge in [0, 0.05) is 11.4 Å². The zero-order chi connectivity index (χ0) is 19.7. The van der Waals surface area contributed by atoms with Gasteiger partial charge < -0.3 is 4.90 Å². The molecule has 1 N–H and O–H groups in total. The molecule has 1 aliphatic heterocycles. The van der Waals surface area contributed by atoms with Gasteiger partial charge in [-0.3, -0.25) is 4.79 Å². The third-order valence-electron chi connectivity index (χ3n) is 4.33. The molecule has 0 spiro atoms. The molecule has 2 heterocycles. The lowest BCUT2D eigenvalue weighted by Gasteiger charge is -2.24. The van der Waals surface area contributed by atoms with Gasteiger partial charge in [-0.05, 0) is 42.5 Å². The summed E-state index contributed by atoms with van der Waals surface area (Å²) < 4.78 is 65.0. The normalized spacial score (nSPS) is 18.0. The molecule has 1 saturated heterocycles. The number of amides is 1. The standard InChI is InChI=1S/C17H17F3N2O3S2/c18-17(19,20)12-4-1-5-13(10-12)27(24,25)21-11-16(23)22-8-2-6-14(22)15-7-3-9-26-15/h1,3-5,7,9-10,14,21H,2,6,8,11H2. The van der Waals surface area contributed by atoms with Crippen molar-refractivity contribution >= 4 is 27.3 Å². The van der Waals surface area contributed by atoms with Crippen LogP contribution < -0.4 is 4.72 Å². The fraction of sp³-hybridized carbons (Fsp3) is 0.353. The summed E-state index contributed by atoms with van der Waals surface area (Å²) in [6, 6.07) is 7.15. The lowest BCUT2D eigenvalue weighted by Crippen LogP contribution is -2.39. The van der Waals surface area contributed by atoms with E-state index in [1.165, 1.54) is 11.3 Å². The molecule has 0 radical (unpaired) electrons. The fourth-order valence-corrected chi connectivity index (χ4v) is 4.92. The molecule has 0 aliphatic carbocycles. The molecule has 27 heavy (non-hydrogen) atoms. The van der Waals surface area contributed by atoms with E-state index in [1.54, 1.807) is 4.90 Å². The Labute approximate surface area is 158 Å². The van der Waals surface area contributed by atoms with Crippen LogP contribution >= 0.6 is 11.3 Å². The maximum atomic E-state index is 12.8. The fourth-order valence-electron chi connectivity index (χ4n) is 3.02. The smallest absolute Gasteiger partial charge is 0.334 e. The Morgan fingerprint density at radius 3 is 2.70 bits per heavy atom. The number of sulfonamides is 1. The van der Waals surface area contributed by atoms with Gasteiger partial charge in [0.05, 0.1) is 23.0 Å². The summed E-state index contributed by atoms with van der Waals surface area (Å²) in [6.45, 7) is 0.0210. The van der Waals surface area contributed by atoms with Gasteiger partial charge in [-0.2, -0.15) is 13.2 Å². The van der Waals surface area contributed by atoms with Gasteiger partial charge in [-0.25, -0.2) is 13.1 Å². The zero-order valence-corrected chi connectivity index (χ0v) is 15.7. The second-order valence-corrected chi connectivity index (χ2v) is 8.86. The highest BCUT2D eigenvalue weighted by molar-refractivity contribution is 7.89. The van der Waals surface area contributed by atoms with Crippen LogP contribution in [0.2, 0.25) is 0 Å². The number of rotatable bonds is 5. The Morgan fingerprint density at radius 1 is 1.26 bits per heavy atom. The van der Waals surface area contributed by atoms with Crippen LogP contribution in [0.15, 0.2) is 46.7 Å². The third-order valence-corrected chi connectivity index (χ3v) is 6.70. The van der Waals surface area contributed by atoms with Crippen LogP contribution in [0, 0.1) is 0 Å². The summed E-state index contributed by atoms with van der Waals surface area (Å²) in [7, 11) is -4.23. The van der Waals surface area contributed by atoms with Gasteiger partial charge in [0.1, 0.15) is 0 Å². The number of thiophene rings is 1. The number of halogens is 3. The summed E-state index contributed by atoms with van der Waals surface area (Å²) >= 11 is 1.53. The van der Waals surface area contributed by atoms with Gasteiger partial charge in [0.15, 0.2) is 0 Å². The molecular weight excluding hydrogens is 401 g/mol. The molecule has 5 nitrogen and oxygen atoms in total. The minimum Gasteiger partial charge on any atom is -0.334 e. The molecule has 1 aromatic heterocycles. The highest BCUT2D eigenvalue weighted by atomic mass is 32.2. The van der Waals surface area contributed by atoms with Crippen LogP contribution in [0.3, 0.4) is 0 Å². The van der Waals surface area contributed by atoms with Crippen molar-refractivity contribution in [2.45, 2.75) is 30.0 Å². The summed E-state index contributed by atoms with van der Waals surface area (Å²) in [5.74, 6) is -0.401. The van der Waals surface area contributed by atoms with E-state index in [0.717, 1.165) is 35.9 Å². The Kier molecular flexibility index (Phi) is 5.59. The average molecular weight is 418 g/mol. The molecule has 1 aliphatic rings. The minimum absolute atomic E-state index is 0.0874. The maximum Gasteiger partial charge on any atom is 0.416 e. The molecule has 1 fully saturated rings. The second-order valence-electron chi connectivity index (χ2n) is 6.11. The molecule has 1 aromatic carbocycles. The van der Waals surface area contributed by atoms with Gasteiger partial charge in [0.25, 0.3) is 0 Å². The first-order valence-electron chi connectivity index (χ1n) is 8.18. The number of carbonyl (C=O) groups excluding carboxylic acids is 1. The molecule has 0 bridgehead atoms. The monoisotopic (exact) mass is 418 g/mol. The van der Waals surface area contributed by atoms with E-state index in [1.807, 2.05) is 17.5 Å². The first-order valence-corrected chi connectivity index (χ1v) is 10.5. The maximum absolute atomic E-state index is 12.8. The molecular formula is C17H17F3N2O3S2. The van der Waals surface area contributed by atoms with Crippen molar-refractivity contribution < 1.29 is 26.4 Å². The SMILES string of the molecule is O=C(CNS(=O)(=O)c1cccc(C(F)(F)F)c1)N1CCCC1c1cccs1. The average Bonchev–Trinajstić information content (AvgIpc) is 3.30. The highest BCUT2D eigenvalue weighted by Crippen LogP contribution is 2.34. The summed E-state index contributed by atoms with van der Waals surface area (Å²) in [5, 5.41) is 1.91. The van der Waals surface area contributed by atoms with Crippen molar-refractivity contribution in [2.24, 2.45) is 0 Å². The number of carbonyl (C=O) groups is 1. The van der Waals surface area contributed by atoms with E-state index in [0.29, 0.717) is 12.6 Å². The number of hydrogen-bond acceptors (Lipinski definition) is 4. The Hall–Kier alpha value is -1.91. The number of hydrogen-bond donors (Lipinski definition) is 1. The molecule has 3 rings (SSSR count). The number of likely N-dealkylation sites (tertiary alicyclic amines) is 1. The number of nitrogens with zero attached hydrogens (tertiary/aromatic N) is 1. The minimum atomic E-state index is -4.65. The van der Waals surface area contributed by atoms with Crippen molar-refractivity contribution in [1.29, 1.82) is 0 Å². The molecule has 1 atom stereocenters. The number of benzene rings is 1. The third kappa shape index (κ3) is 4.50. The van der Waals surface area contributed by atoms with E-state index in [-0.39, 0.29) is 6.04 Å². The predicted molar refractivity (Wildman–Crippen MR) is 94.6 cm³/mol. The van der Waals surface area contributed by atoms with Gasteiger partial charge in [-0.1, -0.05) is 12.1 Å². The van der Waals surface area contributed by atoms with Crippen LogP contribution in [-0.2, 0) is 21.0 Å². The largest absolute Gasteiger partial charge is 0.416 e. The summed E-state index contributed by atoms with van der Waals surface area (Å²) in [6.07, 6.45) is -3.04. The Balaban J connectivity index is 1.69. The first-order chi connectivity index (χ1) is 12.7. The second kappa shape index (κ2) is 7.61. The first kappa shape index (κ1) is 19.8. The quantitative estimate of drug-likeness (QED) is 0.809.